The average Bonchev–Trinajstić information content (AvgIpc) is 3.00. The molecule has 8 nitrogen and oxygen atoms in total. The van der Waals surface area contributed by atoms with Crippen molar-refractivity contribution in [2.75, 3.05) is 6.54 Å². The van der Waals surface area contributed by atoms with Gasteiger partial charge in [0.2, 0.25) is 11.8 Å². The first-order valence-electron chi connectivity index (χ1n) is 11.2. The number of carbonyl (C=O) groups is 3. The van der Waals surface area contributed by atoms with Crippen LogP contribution in [0, 0.1) is 0 Å². The molecule has 2 aromatic rings. The smallest absolute Gasteiger partial charge is 0.269 e. The van der Waals surface area contributed by atoms with Crippen molar-refractivity contribution in [1.29, 1.82) is 0 Å². The summed E-state index contributed by atoms with van der Waals surface area (Å²) in [6, 6.07) is 9.52. The van der Waals surface area contributed by atoms with E-state index in [1.54, 1.807) is 25.1 Å². The zero-order chi connectivity index (χ0) is 25.9. The van der Waals surface area contributed by atoms with Crippen LogP contribution in [0.1, 0.15) is 49.5 Å². The van der Waals surface area contributed by atoms with E-state index in [-0.39, 0.29) is 35.4 Å². The van der Waals surface area contributed by atoms with Crippen molar-refractivity contribution in [2.24, 2.45) is 0 Å². The monoisotopic (exact) mass is 539 g/mol. The molecule has 3 rings (SSSR count). The molecule has 2 aromatic carbocycles. The Hall–Kier alpha value is -2.62. The van der Waals surface area contributed by atoms with Gasteiger partial charge in [0.05, 0.1) is 5.56 Å². The molecule has 1 aliphatic heterocycles. The molecule has 1 heterocycles. The quantitative estimate of drug-likeness (QED) is 0.520. The predicted octanol–water partition coefficient (Wildman–Crippen LogP) is 3.86. The second-order valence-corrected chi connectivity index (χ2v) is 11.0. The Morgan fingerprint density at radius 3 is 2.37 bits per heavy atom. The number of carbonyl (C=O) groups excluding carboxylic acids is 3. The van der Waals surface area contributed by atoms with E-state index in [0.29, 0.717) is 26.3 Å². The third-order valence-corrected chi connectivity index (χ3v) is 8.31. The summed E-state index contributed by atoms with van der Waals surface area (Å²) in [4.78, 5) is 40.6. The molecule has 35 heavy (non-hydrogen) atoms. The molecule has 0 unspecified atom stereocenters. The summed E-state index contributed by atoms with van der Waals surface area (Å²) in [6.45, 7) is 4.70. The zero-order valence-electron chi connectivity index (χ0n) is 19.6. The number of hydrogen-bond donors (Lipinski definition) is 1. The summed E-state index contributed by atoms with van der Waals surface area (Å²) in [5, 5.41) is 3.58. The lowest BCUT2D eigenvalue weighted by molar-refractivity contribution is -0.141. The average molecular weight is 540 g/mol. The zero-order valence-corrected chi connectivity index (χ0v) is 22.0. The molecule has 0 aliphatic carbocycles. The molecular formula is C24H27Cl2N3O5S. The minimum atomic E-state index is -4.19. The van der Waals surface area contributed by atoms with E-state index in [1.807, 2.05) is 13.8 Å². The highest BCUT2D eigenvalue weighted by Crippen LogP contribution is 2.30. The van der Waals surface area contributed by atoms with Gasteiger partial charge >= 0.3 is 0 Å². The molecule has 0 saturated carbocycles. The van der Waals surface area contributed by atoms with Gasteiger partial charge in [0.15, 0.2) is 0 Å². The lowest BCUT2D eigenvalue weighted by Gasteiger charge is -2.32. The van der Waals surface area contributed by atoms with Crippen LogP contribution in [0.25, 0.3) is 0 Å². The molecule has 3 amide bonds. The third-order valence-electron chi connectivity index (χ3n) is 5.93. The highest BCUT2D eigenvalue weighted by Gasteiger charge is 2.43. The van der Waals surface area contributed by atoms with E-state index >= 15 is 0 Å². The third kappa shape index (κ3) is 5.63. The first kappa shape index (κ1) is 27.0. The summed E-state index contributed by atoms with van der Waals surface area (Å²) in [5.41, 5.74) is 0.534. The first-order chi connectivity index (χ1) is 16.5. The maximum absolute atomic E-state index is 13.5. The molecule has 0 radical (unpaired) electrons. The minimum absolute atomic E-state index is 0.00847. The van der Waals surface area contributed by atoms with Crippen molar-refractivity contribution in [1.82, 2.24) is 14.5 Å². The van der Waals surface area contributed by atoms with Gasteiger partial charge in [-0.1, -0.05) is 55.2 Å². The molecular weight excluding hydrogens is 513 g/mol. The molecule has 188 valence electrons. The fourth-order valence-corrected chi connectivity index (χ4v) is 5.78. The van der Waals surface area contributed by atoms with Crippen molar-refractivity contribution < 1.29 is 22.8 Å². The van der Waals surface area contributed by atoms with Crippen LogP contribution in [0.4, 0.5) is 0 Å². The van der Waals surface area contributed by atoms with Crippen molar-refractivity contribution in [2.45, 2.75) is 57.1 Å². The molecule has 11 heteroatoms. The minimum Gasteiger partial charge on any atom is -0.352 e. The van der Waals surface area contributed by atoms with Crippen LogP contribution in [0.3, 0.4) is 0 Å². The number of rotatable bonds is 9. The molecule has 0 fully saturated rings. The fourth-order valence-electron chi connectivity index (χ4n) is 3.79. The Labute approximate surface area is 215 Å². The van der Waals surface area contributed by atoms with Gasteiger partial charge in [-0.2, -0.15) is 0 Å². The van der Waals surface area contributed by atoms with Crippen molar-refractivity contribution in [3.63, 3.8) is 0 Å². The number of benzene rings is 2. The molecule has 0 bridgehead atoms. The second-order valence-electron chi connectivity index (χ2n) is 8.31. The van der Waals surface area contributed by atoms with Crippen molar-refractivity contribution in [3.05, 3.63) is 63.6 Å². The van der Waals surface area contributed by atoms with Gasteiger partial charge in [0, 0.05) is 22.6 Å². The molecule has 0 aromatic heterocycles. The molecule has 1 N–H and O–H groups in total. The van der Waals surface area contributed by atoms with Crippen LogP contribution in [-0.4, -0.2) is 54.0 Å². The highest BCUT2D eigenvalue weighted by atomic mass is 35.5. The Kier molecular flexibility index (Phi) is 8.46. The molecule has 0 spiro atoms. The molecule has 1 aliphatic rings. The van der Waals surface area contributed by atoms with Crippen LogP contribution >= 0.6 is 23.2 Å². The van der Waals surface area contributed by atoms with Gasteiger partial charge in [-0.05, 0) is 49.6 Å². The highest BCUT2D eigenvalue weighted by molar-refractivity contribution is 7.90. The first-order valence-corrected chi connectivity index (χ1v) is 13.4. The summed E-state index contributed by atoms with van der Waals surface area (Å²) in [5.74, 6) is -1.86. The molecule has 0 saturated heterocycles. The lowest BCUT2D eigenvalue weighted by Crippen LogP contribution is -2.53. The van der Waals surface area contributed by atoms with Crippen LogP contribution in [-0.2, 0) is 26.2 Å². The van der Waals surface area contributed by atoms with E-state index < -0.39 is 34.4 Å². The van der Waals surface area contributed by atoms with Gasteiger partial charge in [-0.15, -0.1) is 0 Å². The van der Waals surface area contributed by atoms with Gasteiger partial charge in [-0.25, -0.2) is 12.7 Å². The maximum atomic E-state index is 13.5. The topological polar surface area (TPSA) is 104 Å². The normalized spacial score (nSPS) is 15.9. The van der Waals surface area contributed by atoms with Crippen LogP contribution < -0.4 is 5.32 Å². The number of fused-ring (bicyclic) bond motifs is 1. The van der Waals surface area contributed by atoms with E-state index in [1.165, 1.54) is 29.2 Å². The number of sulfonamides is 1. The predicted molar refractivity (Wildman–Crippen MR) is 134 cm³/mol. The number of amides is 3. The maximum Gasteiger partial charge on any atom is 0.269 e. The number of nitrogens with zero attached hydrogens (tertiary/aromatic N) is 2. The summed E-state index contributed by atoms with van der Waals surface area (Å²) in [7, 11) is -4.19. The largest absolute Gasteiger partial charge is 0.352 e. The Morgan fingerprint density at radius 2 is 1.77 bits per heavy atom. The lowest BCUT2D eigenvalue weighted by atomic mass is 10.1. The number of hydrogen-bond acceptors (Lipinski definition) is 5. The standard InChI is InChI=1S/C24H27Cl2N3O5S/c1-4-15(3)27-23(31)20(5-2)28(13-16-10-11-17(25)12-19(16)26)22(30)14-29-24(32)18-8-6-7-9-21(18)35(29,33)34/h6-12,15,20H,4-5,13-14H2,1-3H3,(H,27,31)/t15-,20+/m0/s1. The Balaban J connectivity index is 1.95. The number of halogens is 2. The Bertz CT molecular complexity index is 1250. The van der Waals surface area contributed by atoms with Gasteiger partial charge < -0.3 is 10.2 Å². The van der Waals surface area contributed by atoms with Crippen LogP contribution in [0.2, 0.25) is 10.0 Å². The van der Waals surface area contributed by atoms with Gasteiger partial charge in [0.25, 0.3) is 15.9 Å². The van der Waals surface area contributed by atoms with E-state index in [4.69, 9.17) is 23.2 Å². The van der Waals surface area contributed by atoms with Gasteiger partial charge in [0.1, 0.15) is 17.5 Å². The molecule has 2 atom stereocenters. The van der Waals surface area contributed by atoms with E-state index in [0.717, 1.165) is 0 Å². The number of nitrogens with one attached hydrogen (secondary N) is 1. The summed E-state index contributed by atoms with van der Waals surface area (Å²) in [6.07, 6.45) is 0.956. The van der Waals surface area contributed by atoms with Crippen molar-refractivity contribution in [3.8, 4) is 0 Å². The van der Waals surface area contributed by atoms with Crippen LogP contribution in [0.5, 0.6) is 0 Å². The van der Waals surface area contributed by atoms with E-state index in [9.17, 15) is 22.8 Å². The SMILES string of the molecule is CC[C@H](C(=O)N[C@@H](C)CC)N(Cc1ccc(Cl)cc1Cl)C(=O)CN1C(=O)c2ccccc2S1(=O)=O. The second kappa shape index (κ2) is 11.0. The Morgan fingerprint density at radius 1 is 1.09 bits per heavy atom. The fraction of sp³-hybridized carbons (Fsp3) is 0.375. The van der Waals surface area contributed by atoms with Gasteiger partial charge in [-0.3, -0.25) is 14.4 Å². The summed E-state index contributed by atoms with van der Waals surface area (Å²) >= 11 is 12.3. The van der Waals surface area contributed by atoms with Crippen LogP contribution in [0.15, 0.2) is 47.4 Å². The summed E-state index contributed by atoms with van der Waals surface area (Å²) < 4.78 is 26.5. The van der Waals surface area contributed by atoms with Crippen molar-refractivity contribution >= 4 is 50.9 Å². The van der Waals surface area contributed by atoms with E-state index in [2.05, 4.69) is 5.32 Å².